The van der Waals surface area contributed by atoms with Gasteiger partial charge in [0.05, 0.1) is 19.8 Å². The summed E-state index contributed by atoms with van der Waals surface area (Å²) in [6.07, 6.45) is 16.2. The van der Waals surface area contributed by atoms with E-state index in [0.29, 0.717) is 30.9 Å². The number of allylic oxidation sites excluding steroid dienone is 3. The molecule has 2 aromatic rings. The number of ether oxygens (including phenoxy) is 2. The standard InChI is InChI=1S/C30H40N2O4/c1-4-22-15-23(11-7-5-6-8-12-26-20-36-26)25(16-22)19-32(21(2)33)29(30(34)35-3)17-24-18-31-28-14-10-9-13-27(24)28/h4,7,9-11,13-14,18,22-23,25-26,29,31H,1,5-6,8,12,15-17,19-20H2,2-3H3/b11-7+/t22-,23+,25?,26?,29?/m0/s1. The third-order valence-electron chi connectivity index (χ3n) is 7.83. The molecule has 1 aromatic heterocycles. The quantitative estimate of drug-likeness (QED) is 0.175. The molecule has 1 saturated carbocycles. The normalized spacial score (nSPS) is 24.2. The second kappa shape index (κ2) is 12.4. The van der Waals surface area contributed by atoms with Crippen LogP contribution in [0.5, 0.6) is 0 Å². The Hall–Kier alpha value is -2.86. The van der Waals surface area contributed by atoms with Gasteiger partial charge in [-0.1, -0.05) is 42.8 Å². The van der Waals surface area contributed by atoms with Crippen molar-refractivity contribution in [2.75, 3.05) is 20.3 Å². The topological polar surface area (TPSA) is 74.9 Å². The van der Waals surface area contributed by atoms with Crippen LogP contribution in [-0.4, -0.2) is 54.2 Å². The van der Waals surface area contributed by atoms with Gasteiger partial charge in [-0.05, 0) is 61.5 Å². The van der Waals surface area contributed by atoms with Gasteiger partial charge in [-0.15, -0.1) is 6.58 Å². The molecule has 2 heterocycles. The van der Waals surface area contributed by atoms with E-state index in [1.54, 1.807) is 11.8 Å². The van der Waals surface area contributed by atoms with E-state index in [0.717, 1.165) is 48.8 Å². The van der Waals surface area contributed by atoms with Crippen LogP contribution in [0.15, 0.2) is 55.3 Å². The van der Waals surface area contributed by atoms with Crippen LogP contribution in [0.2, 0.25) is 0 Å². The Kier molecular flexibility index (Phi) is 9.03. The molecule has 3 unspecified atom stereocenters. The van der Waals surface area contributed by atoms with Gasteiger partial charge in [0.2, 0.25) is 5.91 Å². The maximum atomic E-state index is 13.0. The van der Waals surface area contributed by atoms with E-state index in [1.807, 2.05) is 36.5 Å². The van der Waals surface area contributed by atoms with Gasteiger partial charge < -0.3 is 19.4 Å². The largest absolute Gasteiger partial charge is 0.467 e. The van der Waals surface area contributed by atoms with Crippen LogP contribution >= 0.6 is 0 Å². The first-order chi connectivity index (χ1) is 17.5. The van der Waals surface area contributed by atoms with Crippen LogP contribution < -0.4 is 0 Å². The van der Waals surface area contributed by atoms with Crippen molar-refractivity contribution in [3.8, 4) is 0 Å². The summed E-state index contributed by atoms with van der Waals surface area (Å²) in [4.78, 5) is 30.9. The highest BCUT2D eigenvalue weighted by molar-refractivity contribution is 5.86. The maximum Gasteiger partial charge on any atom is 0.328 e. The number of esters is 1. The number of methoxy groups -OCH3 is 1. The number of carbonyl (C=O) groups excluding carboxylic acids is 2. The summed E-state index contributed by atoms with van der Waals surface area (Å²) >= 11 is 0. The highest BCUT2D eigenvalue weighted by Crippen LogP contribution is 2.39. The first-order valence-corrected chi connectivity index (χ1v) is 13.3. The number of fused-ring (bicyclic) bond motifs is 1. The molecule has 0 bridgehead atoms. The number of amides is 1. The average molecular weight is 493 g/mol. The molecular formula is C30H40N2O4. The number of rotatable bonds is 13. The first kappa shape index (κ1) is 26.2. The fraction of sp³-hybridized carbons (Fsp3) is 0.533. The number of epoxide rings is 1. The van der Waals surface area contributed by atoms with Gasteiger partial charge in [0.15, 0.2) is 0 Å². The summed E-state index contributed by atoms with van der Waals surface area (Å²) < 4.78 is 10.5. The Bertz CT molecular complexity index is 1070. The van der Waals surface area contributed by atoms with Gasteiger partial charge in [0, 0.05) is 37.0 Å². The molecular weight excluding hydrogens is 452 g/mol. The van der Waals surface area contributed by atoms with Crippen LogP contribution in [0.1, 0.15) is 51.0 Å². The summed E-state index contributed by atoms with van der Waals surface area (Å²) in [5.74, 6) is 0.601. The molecule has 1 aliphatic heterocycles. The number of hydrogen-bond donors (Lipinski definition) is 1. The highest BCUT2D eigenvalue weighted by Gasteiger charge is 2.37. The summed E-state index contributed by atoms with van der Waals surface area (Å²) in [7, 11) is 1.40. The Morgan fingerprint density at radius 1 is 1.28 bits per heavy atom. The fourth-order valence-electron chi connectivity index (χ4n) is 5.67. The number of aromatic amines is 1. The van der Waals surface area contributed by atoms with Crippen molar-refractivity contribution < 1.29 is 19.1 Å². The van der Waals surface area contributed by atoms with Crippen molar-refractivity contribution in [1.82, 2.24) is 9.88 Å². The minimum Gasteiger partial charge on any atom is -0.467 e. The van der Waals surface area contributed by atoms with Crippen molar-refractivity contribution in [3.63, 3.8) is 0 Å². The molecule has 36 heavy (non-hydrogen) atoms. The van der Waals surface area contributed by atoms with Crippen LogP contribution in [0, 0.1) is 17.8 Å². The minimum atomic E-state index is -0.663. The molecule has 1 amide bonds. The lowest BCUT2D eigenvalue weighted by atomic mass is 9.93. The number of nitrogens with zero attached hydrogens (tertiary/aromatic N) is 1. The molecule has 6 heteroatoms. The average Bonchev–Trinajstić information content (AvgIpc) is 3.50. The van der Waals surface area contributed by atoms with Crippen LogP contribution in [0.3, 0.4) is 0 Å². The number of carbonyl (C=O) groups is 2. The van der Waals surface area contributed by atoms with Gasteiger partial charge in [-0.25, -0.2) is 4.79 Å². The maximum absolute atomic E-state index is 13.0. The van der Waals surface area contributed by atoms with E-state index >= 15 is 0 Å². The summed E-state index contributed by atoms with van der Waals surface area (Å²) in [6.45, 7) is 7.06. The van der Waals surface area contributed by atoms with Crippen LogP contribution in [0.25, 0.3) is 10.9 Å². The molecule has 4 rings (SSSR count). The van der Waals surface area contributed by atoms with Crippen molar-refractivity contribution >= 4 is 22.8 Å². The van der Waals surface area contributed by atoms with Crippen molar-refractivity contribution in [1.29, 1.82) is 0 Å². The SMILES string of the molecule is C=C[C@@H]1CC(CN(C(C)=O)C(Cc2c[nH]c3ccccc23)C(=O)OC)[C@H](/C=C/CCCCC2CO2)C1. The number of H-pyrrole nitrogens is 1. The van der Waals surface area contributed by atoms with Gasteiger partial charge >= 0.3 is 5.97 Å². The summed E-state index contributed by atoms with van der Waals surface area (Å²) in [5, 5.41) is 1.07. The van der Waals surface area contributed by atoms with E-state index in [1.165, 1.54) is 20.0 Å². The number of unbranched alkanes of at least 4 members (excludes halogenated alkanes) is 2. The predicted octanol–water partition coefficient (Wildman–Crippen LogP) is 5.44. The van der Waals surface area contributed by atoms with Crippen LogP contribution in [-0.2, 0) is 25.5 Å². The third kappa shape index (κ3) is 6.67. The number of hydrogen-bond acceptors (Lipinski definition) is 4. The molecule has 2 fully saturated rings. The fourth-order valence-corrected chi connectivity index (χ4v) is 5.67. The molecule has 0 radical (unpaired) electrons. The van der Waals surface area contributed by atoms with E-state index in [2.05, 4.69) is 23.7 Å². The minimum absolute atomic E-state index is 0.0997. The predicted molar refractivity (Wildman–Crippen MR) is 142 cm³/mol. The molecule has 194 valence electrons. The number of aromatic nitrogens is 1. The van der Waals surface area contributed by atoms with Crippen molar-refractivity contribution in [2.45, 2.75) is 64.0 Å². The van der Waals surface area contributed by atoms with Gasteiger partial charge in [0.25, 0.3) is 0 Å². The lowest BCUT2D eigenvalue weighted by Gasteiger charge is -2.32. The lowest BCUT2D eigenvalue weighted by Crippen LogP contribution is -2.48. The van der Waals surface area contributed by atoms with Crippen molar-refractivity contribution in [3.05, 3.63) is 60.8 Å². The number of para-hydroxylation sites is 1. The Balaban J connectivity index is 1.46. The molecule has 5 atom stereocenters. The van der Waals surface area contributed by atoms with E-state index in [9.17, 15) is 9.59 Å². The Morgan fingerprint density at radius 3 is 2.81 bits per heavy atom. The molecule has 1 aliphatic carbocycles. The monoisotopic (exact) mass is 492 g/mol. The lowest BCUT2D eigenvalue weighted by molar-refractivity contribution is -0.152. The summed E-state index contributed by atoms with van der Waals surface area (Å²) in [5.41, 5.74) is 2.03. The second-order valence-electron chi connectivity index (χ2n) is 10.3. The highest BCUT2D eigenvalue weighted by atomic mass is 16.6. The number of benzene rings is 1. The Labute approximate surface area is 214 Å². The number of nitrogens with one attached hydrogen (secondary N) is 1. The van der Waals surface area contributed by atoms with E-state index < -0.39 is 6.04 Å². The first-order valence-electron chi connectivity index (χ1n) is 13.3. The zero-order chi connectivity index (χ0) is 25.5. The molecule has 2 aliphatic rings. The van der Waals surface area contributed by atoms with Gasteiger partial charge in [-0.3, -0.25) is 4.79 Å². The Morgan fingerprint density at radius 2 is 2.08 bits per heavy atom. The zero-order valence-corrected chi connectivity index (χ0v) is 21.7. The second-order valence-corrected chi connectivity index (χ2v) is 10.3. The van der Waals surface area contributed by atoms with Crippen LogP contribution in [0.4, 0.5) is 0 Å². The molecule has 0 spiro atoms. The molecule has 1 aromatic carbocycles. The van der Waals surface area contributed by atoms with E-state index in [4.69, 9.17) is 9.47 Å². The smallest absolute Gasteiger partial charge is 0.328 e. The third-order valence-corrected chi connectivity index (χ3v) is 7.83. The van der Waals surface area contributed by atoms with Gasteiger partial charge in [0.1, 0.15) is 6.04 Å². The van der Waals surface area contributed by atoms with Crippen molar-refractivity contribution in [2.24, 2.45) is 17.8 Å². The molecule has 1 N–H and O–H groups in total. The van der Waals surface area contributed by atoms with Gasteiger partial charge in [-0.2, -0.15) is 0 Å². The molecule has 6 nitrogen and oxygen atoms in total. The van der Waals surface area contributed by atoms with E-state index in [-0.39, 0.29) is 17.8 Å². The summed E-state index contributed by atoms with van der Waals surface area (Å²) in [6, 6.07) is 7.36. The molecule has 1 saturated heterocycles. The zero-order valence-electron chi connectivity index (χ0n) is 21.7.